The quantitative estimate of drug-likeness (QED) is 0.0987. The van der Waals surface area contributed by atoms with Crippen molar-refractivity contribution in [2.75, 3.05) is 10.6 Å². The van der Waals surface area contributed by atoms with Gasteiger partial charge in [-0.3, -0.25) is 14.4 Å². The van der Waals surface area contributed by atoms with Crippen molar-refractivity contribution in [1.82, 2.24) is 5.32 Å². The maximum atomic E-state index is 14.7. The van der Waals surface area contributed by atoms with E-state index in [0.29, 0.717) is 20.6 Å². The first-order chi connectivity index (χ1) is 22.7. The van der Waals surface area contributed by atoms with E-state index in [4.69, 9.17) is 11.6 Å². The molecule has 0 heterocycles. The standard InChI is InChI=1S/C36H25BrClF2N3O3S/c37-24-17-18-31(30(40)19-24)42-36(46)33(22-9-3-1-4-10-22)47-26-14-7-13-25(20-26)41-35(45)32(21-27-28(38)15-8-16-29(27)39)43-34(44)23-11-5-2-6-12-23/h1-21,33H,(H,41,45)(H,42,46)(H,43,44)/b32-21+. The summed E-state index contributed by atoms with van der Waals surface area (Å²) in [4.78, 5) is 40.6. The molecule has 0 spiro atoms. The SMILES string of the molecule is O=C(Nc1cccc(SC(C(=O)Nc2ccc(Br)cc2F)c2ccccc2)c1)/C(=C\c1c(F)cccc1Cl)NC(=O)c1ccccc1. The monoisotopic (exact) mass is 731 g/mol. The van der Waals surface area contributed by atoms with E-state index in [9.17, 15) is 23.2 Å². The lowest BCUT2D eigenvalue weighted by Gasteiger charge is -2.18. The lowest BCUT2D eigenvalue weighted by atomic mass is 10.1. The molecule has 0 aliphatic carbocycles. The first-order valence-electron chi connectivity index (χ1n) is 14.1. The highest BCUT2D eigenvalue weighted by Gasteiger charge is 2.24. The van der Waals surface area contributed by atoms with Gasteiger partial charge in [0, 0.05) is 26.2 Å². The van der Waals surface area contributed by atoms with Crippen molar-refractivity contribution < 1.29 is 23.2 Å². The molecule has 236 valence electrons. The van der Waals surface area contributed by atoms with Crippen LogP contribution in [0.15, 0.2) is 136 Å². The maximum absolute atomic E-state index is 14.7. The first kappa shape index (κ1) is 33.6. The second kappa shape index (κ2) is 15.7. The van der Waals surface area contributed by atoms with Crippen LogP contribution in [0.4, 0.5) is 20.2 Å². The molecule has 0 saturated carbocycles. The number of hydrogen-bond acceptors (Lipinski definition) is 4. The van der Waals surface area contributed by atoms with Crippen molar-refractivity contribution in [3.8, 4) is 0 Å². The Labute approximate surface area is 287 Å². The molecular weight excluding hydrogens is 708 g/mol. The Morgan fingerprint density at radius 1 is 0.766 bits per heavy atom. The van der Waals surface area contributed by atoms with Gasteiger partial charge >= 0.3 is 0 Å². The van der Waals surface area contributed by atoms with Crippen molar-refractivity contribution in [1.29, 1.82) is 0 Å². The van der Waals surface area contributed by atoms with Crippen LogP contribution in [0.3, 0.4) is 0 Å². The summed E-state index contributed by atoms with van der Waals surface area (Å²) in [7, 11) is 0. The van der Waals surface area contributed by atoms with E-state index in [0.717, 1.165) is 0 Å². The van der Waals surface area contributed by atoms with E-state index in [1.807, 2.05) is 6.07 Å². The summed E-state index contributed by atoms with van der Waals surface area (Å²) < 4.78 is 29.8. The third-order valence-electron chi connectivity index (χ3n) is 6.69. The normalized spacial score (nSPS) is 11.8. The predicted octanol–water partition coefficient (Wildman–Crippen LogP) is 9.26. The van der Waals surface area contributed by atoms with Crippen molar-refractivity contribution in [3.05, 3.63) is 165 Å². The van der Waals surface area contributed by atoms with Crippen LogP contribution >= 0.6 is 39.3 Å². The van der Waals surface area contributed by atoms with Crippen LogP contribution < -0.4 is 16.0 Å². The molecule has 0 radical (unpaired) electrons. The minimum atomic E-state index is -0.783. The van der Waals surface area contributed by atoms with Gasteiger partial charge in [-0.05, 0) is 72.3 Å². The van der Waals surface area contributed by atoms with Gasteiger partial charge in [0.05, 0.1) is 10.7 Å². The van der Waals surface area contributed by atoms with Crippen LogP contribution in [0, 0.1) is 11.6 Å². The molecule has 5 rings (SSSR count). The Morgan fingerprint density at radius 2 is 1.47 bits per heavy atom. The summed E-state index contributed by atoms with van der Waals surface area (Å²) >= 11 is 10.6. The molecule has 0 fully saturated rings. The smallest absolute Gasteiger partial charge is 0.272 e. The Balaban J connectivity index is 1.40. The molecule has 0 saturated heterocycles. The number of hydrogen-bond donors (Lipinski definition) is 3. The van der Waals surface area contributed by atoms with Crippen molar-refractivity contribution in [2.24, 2.45) is 0 Å². The molecule has 0 aliphatic rings. The molecule has 1 unspecified atom stereocenters. The van der Waals surface area contributed by atoms with Crippen LogP contribution in [0.5, 0.6) is 0 Å². The van der Waals surface area contributed by atoms with Crippen LogP contribution in [-0.4, -0.2) is 17.7 Å². The molecule has 0 aliphatic heterocycles. The Kier molecular flexibility index (Phi) is 11.2. The van der Waals surface area contributed by atoms with Crippen molar-refractivity contribution >= 4 is 74.5 Å². The third-order valence-corrected chi connectivity index (χ3v) is 8.76. The number of amides is 3. The van der Waals surface area contributed by atoms with Crippen LogP contribution in [0.2, 0.25) is 5.02 Å². The maximum Gasteiger partial charge on any atom is 0.272 e. The van der Waals surface area contributed by atoms with Gasteiger partial charge in [0.2, 0.25) is 5.91 Å². The van der Waals surface area contributed by atoms with Crippen LogP contribution in [0.1, 0.15) is 26.7 Å². The lowest BCUT2D eigenvalue weighted by Crippen LogP contribution is -2.30. The van der Waals surface area contributed by atoms with Gasteiger partial charge in [0.15, 0.2) is 0 Å². The van der Waals surface area contributed by atoms with Gasteiger partial charge in [-0.25, -0.2) is 8.78 Å². The molecule has 0 bridgehead atoms. The zero-order valence-corrected chi connectivity index (χ0v) is 27.5. The molecule has 5 aromatic rings. The summed E-state index contributed by atoms with van der Waals surface area (Å²) in [6, 6.07) is 32.4. The van der Waals surface area contributed by atoms with Gasteiger partial charge in [-0.1, -0.05) is 88.2 Å². The van der Waals surface area contributed by atoms with Gasteiger partial charge in [0.25, 0.3) is 11.8 Å². The number of thioether (sulfide) groups is 1. The van der Waals surface area contributed by atoms with Gasteiger partial charge in [-0.2, -0.15) is 0 Å². The fourth-order valence-electron chi connectivity index (χ4n) is 4.41. The van der Waals surface area contributed by atoms with E-state index in [1.165, 1.54) is 48.2 Å². The summed E-state index contributed by atoms with van der Waals surface area (Å²) in [5, 5.41) is 7.24. The van der Waals surface area contributed by atoms with Gasteiger partial charge < -0.3 is 16.0 Å². The third kappa shape index (κ3) is 8.94. The molecule has 0 aromatic heterocycles. The average molecular weight is 733 g/mol. The molecule has 1 atom stereocenters. The Morgan fingerprint density at radius 3 is 2.17 bits per heavy atom. The summed E-state index contributed by atoms with van der Waals surface area (Å²) in [5.41, 5.74) is 1.02. The summed E-state index contributed by atoms with van der Waals surface area (Å²) in [6.45, 7) is 0. The topological polar surface area (TPSA) is 87.3 Å². The number of carbonyl (C=O) groups excluding carboxylic acids is 3. The number of anilines is 2. The molecular formula is C36H25BrClF2N3O3S. The molecule has 5 aromatic carbocycles. The largest absolute Gasteiger partial charge is 0.322 e. The Hall–Kier alpha value is -4.77. The van der Waals surface area contributed by atoms with E-state index >= 15 is 0 Å². The second-order valence-corrected chi connectivity index (χ2v) is 12.5. The molecule has 47 heavy (non-hydrogen) atoms. The lowest BCUT2D eigenvalue weighted by molar-refractivity contribution is -0.116. The molecule has 3 N–H and O–H groups in total. The number of halogens is 4. The Bertz CT molecular complexity index is 1940. The van der Waals surface area contributed by atoms with E-state index in [-0.39, 0.29) is 27.5 Å². The van der Waals surface area contributed by atoms with Crippen molar-refractivity contribution in [2.45, 2.75) is 10.1 Å². The highest BCUT2D eigenvalue weighted by Crippen LogP contribution is 2.37. The van der Waals surface area contributed by atoms with E-state index < -0.39 is 34.6 Å². The minimum absolute atomic E-state index is 0.0348. The fraction of sp³-hybridized carbons (Fsp3) is 0.0278. The van der Waals surface area contributed by atoms with Crippen LogP contribution in [0.25, 0.3) is 6.08 Å². The van der Waals surface area contributed by atoms with Crippen molar-refractivity contribution in [3.63, 3.8) is 0 Å². The van der Waals surface area contributed by atoms with Gasteiger partial charge in [-0.15, -0.1) is 11.8 Å². The molecule has 3 amide bonds. The average Bonchev–Trinajstić information content (AvgIpc) is 3.07. The fourth-order valence-corrected chi connectivity index (χ4v) is 6.04. The number of rotatable bonds is 10. The molecule has 6 nitrogen and oxygen atoms in total. The second-order valence-electron chi connectivity index (χ2n) is 10.0. The van der Waals surface area contributed by atoms with E-state index in [1.54, 1.807) is 84.9 Å². The highest BCUT2D eigenvalue weighted by molar-refractivity contribution is 9.10. The van der Waals surface area contributed by atoms with E-state index in [2.05, 4.69) is 31.9 Å². The summed E-state index contributed by atoms with van der Waals surface area (Å²) in [5.74, 6) is -3.04. The number of benzene rings is 5. The first-order valence-corrected chi connectivity index (χ1v) is 16.1. The number of carbonyl (C=O) groups is 3. The highest BCUT2D eigenvalue weighted by atomic mass is 79.9. The number of nitrogens with one attached hydrogen (secondary N) is 3. The minimum Gasteiger partial charge on any atom is -0.322 e. The van der Waals surface area contributed by atoms with Crippen LogP contribution in [-0.2, 0) is 9.59 Å². The zero-order chi connectivity index (χ0) is 33.3. The zero-order valence-electron chi connectivity index (χ0n) is 24.3. The predicted molar refractivity (Wildman–Crippen MR) is 186 cm³/mol. The van der Waals surface area contributed by atoms with Gasteiger partial charge in [0.1, 0.15) is 22.6 Å². The summed E-state index contributed by atoms with van der Waals surface area (Å²) in [6.07, 6.45) is 1.17. The molecule has 11 heteroatoms.